The van der Waals surface area contributed by atoms with Crippen molar-refractivity contribution in [2.24, 2.45) is 0 Å². The summed E-state index contributed by atoms with van der Waals surface area (Å²) >= 11 is 0. The maximum absolute atomic E-state index is 10.7. The lowest BCUT2D eigenvalue weighted by Crippen LogP contribution is -2.34. The van der Waals surface area contributed by atoms with E-state index in [2.05, 4.69) is 65.5 Å². The van der Waals surface area contributed by atoms with Crippen molar-refractivity contribution in [2.45, 2.75) is 31.9 Å². The topological polar surface area (TPSA) is 37.2 Å². The van der Waals surface area contributed by atoms with Gasteiger partial charge in [-0.15, -0.1) is 12.4 Å². The first-order chi connectivity index (χ1) is 10.7. The van der Waals surface area contributed by atoms with Crippen molar-refractivity contribution in [3.63, 3.8) is 0 Å². The first-order valence-electron chi connectivity index (χ1n) is 7.96. The van der Waals surface area contributed by atoms with E-state index in [1.807, 2.05) is 7.05 Å². The highest BCUT2D eigenvalue weighted by molar-refractivity contribution is 5.85. The number of aryl methyl sites for hydroxylation is 1. The first kappa shape index (κ1) is 17.8. The molecule has 0 radical (unpaired) electrons. The molecule has 2 aromatic rings. The molecule has 4 heteroatoms. The van der Waals surface area contributed by atoms with Gasteiger partial charge in [-0.1, -0.05) is 30.4 Å². The molecule has 3 rings (SSSR count). The largest absolute Gasteiger partial charge is 0.389 e. The molecule has 0 spiro atoms. The third-order valence-electron chi connectivity index (χ3n) is 4.38. The Balaban J connectivity index is 0.00000192. The van der Waals surface area contributed by atoms with Crippen LogP contribution >= 0.6 is 12.4 Å². The number of hydrogen-bond donors (Lipinski definition) is 2. The van der Waals surface area contributed by atoms with E-state index in [0.29, 0.717) is 6.54 Å². The van der Waals surface area contributed by atoms with E-state index in [1.165, 1.54) is 22.0 Å². The second-order valence-electron chi connectivity index (χ2n) is 6.06. The predicted molar refractivity (Wildman–Crippen MR) is 99.4 cm³/mol. The standard InChI is InChI=1S/C19H24N2O.ClH/c1-14-8-9-15-10-11-21(17(15)12-14)19(18(22)13-20-2)16-6-4-3-5-7-16;/h3-4,6,8-12,18-20,22H,5,7,13H2,1-2H3;1H/t18?,19-;/m0./s1. The lowest BCUT2D eigenvalue weighted by molar-refractivity contribution is 0.129. The number of aliphatic hydroxyl groups excluding tert-OH is 1. The molecule has 23 heavy (non-hydrogen) atoms. The zero-order valence-corrected chi connectivity index (χ0v) is 14.5. The van der Waals surface area contributed by atoms with Gasteiger partial charge in [-0.2, -0.15) is 0 Å². The average Bonchev–Trinajstić information content (AvgIpc) is 2.92. The van der Waals surface area contributed by atoms with Crippen LogP contribution in [-0.4, -0.2) is 29.4 Å². The molecule has 1 aromatic heterocycles. The molecule has 3 nitrogen and oxygen atoms in total. The Kier molecular flexibility index (Phi) is 6.05. The van der Waals surface area contributed by atoms with Gasteiger partial charge >= 0.3 is 0 Å². The zero-order chi connectivity index (χ0) is 15.5. The van der Waals surface area contributed by atoms with Crippen molar-refractivity contribution >= 4 is 23.3 Å². The smallest absolute Gasteiger partial charge is 0.0909 e. The van der Waals surface area contributed by atoms with Gasteiger partial charge in [0, 0.05) is 18.3 Å². The molecule has 0 saturated heterocycles. The number of halogens is 1. The second kappa shape index (κ2) is 7.82. The van der Waals surface area contributed by atoms with Gasteiger partial charge in [-0.05, 0) is 55.5 Å². The molecule has 2 N–H and O–H groups in total. The number of likely N-dealkylation sites (N-methyl/N-ethyl adjacent to an activating group) is 1. The van der Waals surface area contributed by atoms with Gasteiger partial charge in [-0.3, -0.25) is 0 Å². The number of aliphatic hydroxyl groups is 1. The molecule has 1 unspecified atom stereocenters. The van der Waals surface area contributed by atoms with Gasteiger partial charge in [0.15, 0.2) is 0 Å². The SMILES string of the molecule is CNCC(O)[C@H](C1=CC=CCC1)n1ccc2ccc(C)cc21.Cl. The monoisotopic (exact) mass is 332 g/mol. The van der Waals surface area contributed by atoms with Gasteiger partial charge in [0.1, 0.15) is 0 Å². The molecule has 1 aromatic carbocycles. The van der Waals surface area contributed by atoms with Crippen LogP contribution in [0.25, 0.3) is 10.9 Å². The lowest BCUT2D eigenvalue weighted by atomic mass is 9.93. The van der Waals surface area contributed by atoms with Gasteiger partial charge in [0.2, 0.25) is 0 Å². The van der Waals surface area contributed by atoms with Crippen molar-refractivity contribution in [3.05, 3.63) is 59.8 Å². The third kappa shape index (κ3) is 3.69. The normalized spacial score (nSPS) is 16.7. The summed E-state index contributed by atoms with van der Waals surface area (Å²) in [6, 6.07) is 8.60. The number of nitrogens with zero attached hydrogens (tertiary/aromatic N) is 1. The minimum absolute atomic E-state index is 0. The second-order valence-corrected chi connectivity index (χ2v) is 6.06. The summed E-state index contributed by atoms with van der Waals surface area (Å²) < 4.78 is 2.23. The van der Waals surface area contributed by atoms with E-state index < -0.39 is 6.10 Å². The van der Waals surface area contributed by atoms with E-state index in [-0.39, 0.29) is 18.4 Å². The number of aromatic nitrogens is 1. The molecule has 0 amide bonds. The molecule has 0 bridgehead atoms. The van der Waals surface area contributed by atoms with Crippen molar-refractivity contribution in [2.75, 3.05) is 13.6 Å². The Morgan fingerprint density at radius 2 is 2.13 bits per heavy atom. The van der Waals surface area contributed by atoms with E-state index in [4.69, 9.17) is 0 Å². The minimum Gasteiger partial charge on any atom is -0.389 e. The number of benzene rings is 1. The van der Waals surface area contributed by atoms with E-state index in [9.17, 15) is 5.11 Å². The van der Waals surface area contributed by atoms with Crippen LogP contribution in [0.4, 0.5) is 0 Å². The summed E-state index contributed by atoms with van der Waals surface area (Å²) in [5.74, 6) is 0. The fraction of sp³-hybridized carbons (Fsp3) is 0.368. The molecule has 1 aliphatic rings. The van der Waals surface area contributed by atoms with Crippen LogP contribution in [-0.2, 0) is 0 Å². The fourth-order valence-corrected chi connectivity index (χ4v) is 3.30. The quantitative estimate of drug-likeness (QED) is 0.874. The van der Waals surface area contributed by atoms with Crippen LogP contribution in [0.5, 0.6) is 0 Å². The molecule has 2 atom stereocenters. The highest BCUT2D eigenvalue weighted by atomic mass is 35.5. The molecule has 0 saturated carbocycles. The van der Waals surface area contributed by atoms with Crippen molar-refractivity contribution in [1.82, 2.24) is 9.88 Å². The number of rotatable bonds is 5. The maximum Gasteiger partial charge on any atom is 0.0909 e. The zero-order valence-electron chi connectivity index (χ0n) is 13.7. The minimum atomic E-state index is -0.445. The van der Waals surface area contributed by atoms with Crippen LogP contribution in [0.3, 0.4) is 0 Å². The van der Waals surface area contributed by atoms with Crippen LogP contribution in [0.15, 0.2) is 54.3 Å². The number of hydrogen-bond acceptors (Lipinski definition) is 2. The van der Waals surface area contributed by atoms with Crippen LogP contribution in [0, 0.1) is 6.92 Å². The number of fused-ring (bicyclic) bond motifs is 1. The van der Waals surface area contributed by atoms with Crippen molar-refractivity contribution in [3.8, 4) is 0 Å². The Bertz CT molecular complexity index is 717. The number of nitrogens with one attached hydrogen (secondary N) is 1. The summed E-state index contributed by atoms with van der Waals surface area (Å²) in [5.41, 5.74) is 3.73. The van der Waals surface area contributed by atoms with Crippen LogP contribution in [0.2, 0.25) is 0 Å². The average molecular weight is 333 g/mol. The molecule has 1 heterocycles. The summed E-state index contributed by atoms with van der Waals surface area (Å²) in [4.78, 5) is 0. The molecule has 1 aliphatic carbocycles. The number of allylic oxidation sites excluding steroid dienone is 3. The summed E-state index contributed by atoms with van der Waals surface area (Å²) in [5, 5.41) is 15.0. The Morgan fingerprint density at radius 1 is 1.30 bits per heavy atom. The fourth-order valence-electron chi connectivity index (χ4n) is 3.30. The van der Waals surface area contributed by atoms with Gasteiger partial charge in [0.25, 0.3) is 0 Å². The predicted octanol–water partition coefficient (Wildman–Crippen LogP) is 3.77. The van der Waals surface area contributed by atoms with E-state index in [0.717, 1.165) is 12.8 Å². The molecule has 0 aliphatic heterocycles. The van der Waals surface area contributed by atoms with Gasteiger partial charge in [0.05, 0.1) is 12.1 Å². The Hall–Kier alpha value is -1.55. The van der Waals surface area contributed by atoms with Gasteiger partial charge < -0.3 is 15.0 Å². The molecule has 124 valence electrons. The Morgan fingerprint density at radius 3 is 2.83 bits per heavy atom. The van der Waals surface area contributed by atoms with Crippen LogP contribution in [0.1, 0.15) is 24.4 Å². The summed E-state index contributed by atoms with van der Waals surface area (Å²) in [6.07, 6.45) is 10.2. The lowest BCUT2D eigenvalue weighted by Gasteiger charge is -2.29. The summed E-state index contributed by atoms with van der Waals surface area (Å²) in [7, 11) is 1.88. The Labute approximate surface area is 144 Å². The highest BCUT2D eigenvalue weighted by Crippen LogP contribution is 2.32. The van der Waals surface area contributed by atoms with Crippen molar-refractivity contribution in [1.29, 1.82) is 0 Å². The van der Waals surface area contributed by atoms with Crippen LogP contribution < -0.4 is 5.32 Å². The van der Waals surface area contributed by atoms with E-state index in [1.54, 1.807) is 0 Å². The summed E-state index contributed by atoms with van der Waals surface area (Å²) in [6.45, 7) is 2.69. The molecular formula is C19H25ClN2O. The van der Waals surface area contributed by atoms with Crippen molar-refractivity contribution < 1.29 is 5.11 Å². The van der Waals surface area contributed by atoms with Gasteiger partial charge in [-0.25, -0.2) is 0 Å². The third-order valence-corrected chi connectivity index (χ3v) is 4.38. The molecule has 0 fully saturated rings. The first-order valence-corrected chi connectivity index (χ1v) is 7.96. The maximum atomic E-state index is 10.7. The molecular weight excluding hydrogens is 308 g/mol. The highest BCUT2D eigenvalue weighted by Gasteiger charge is 2.25. The van der Waals surface area contributed by atoms with E-state index >= 15 is 0 Å².